The lowest BCUT2D eigenvalue weighted by molar-refractivity contribution is 0.0710. The smallest absolute Gasteiger partial charge is 0.254 e. The number of carbonyl (C=O) groups excluding carboxylic acids is 1. The topological polar surface area (TPSA) is 68.5 Å². The van der Waals surface area contributed by atoms with Gasteiger partial charge in [-0.1, -0.05) is 16.8 Å². The van der Waals surface area contributed by atoms with Crippen molar-refractivity contribution in [3.8, 4) is 17.1 Å². The largest absolute Gasteiger partial charge is 0.497 e. The van der Waals surface area contributed by atoms with E-state index in [2.05, 4.69) is 10.1 Å². The summed E-state index contributed by atoms with van der Waals surface area (Å²) in [6, 6.07) is 14.1. The van der Waals surface area contributed by atoms with Gasteiger partial charge in [0.1, 0.15) is 11.8 Å². The van der Waals surface area contributed by atoms with E-state index in [-0.39, 0.29) is 11.9 Å². The Balaban J connectivity index is 1.56. The van der Waals surface area contributed by atoms with E-state index < -0.39 is 0 Å². The Bertz CT molecular complexity index is 938. The van der Waals surface area contributed by atoms with Crippen LogP contribution in [0.2, 0.25) is 5.02 Å². The Morgan fingerprint density at radius 2 is 1.93 bits per heavy atom. The molecule has 0 aliphatic carbocycles. The van der Waals surface area contributed by atoms with Crippen molar-refractivity contribution in [2.24, 2.45) is 0 Å². The molecule has 1 amide bonds. The molecule has 27 heavy (non-hydrogen) atoms. The highest BCUT2D eigenvalue weighted by Crippen LogP contribution is 2.33. The van der Waals surface area contributed by atoms with Gasteiger partial charge in [-0.05, 0) is 61.4 Å². The summed E-state index contributed by atoms with van der Waals surface area (Å²) in [6.07, 6.45) is 1.69. The van der Waals surface area contributed by atoms with Crippen LogP contribution in [0, 0.1) is 0 Å². The van der Waals surface area contributed by atoms with Gasteiger partial charge in [0.15, 0.2) is 0 Å². The van der Waals surface area contributed by atoms with Gasteiger partial charge in [0.2, 0.25) is 11.7 Å². The fourth-order valence-corrected chi connectivity index (χ4v) is 3.38. The van der Waals surface area contributed by atoms with Crippen molar-refractivity contribution in [3.63, 3.8) is 0 Å². The van der Waals surface area contributed by atoms with Crippen LogP contribution in [0.15, 0.2) is 53.1 Å². The summed E-state index contributed by atoms with van der Waals surface area (Å²) in [5.74, 6) is 1.66. The van der Waals surface area contributed by atoms with Crippen LogP contribution in [0.4, 0.5) is 0 Å². The summed E-state index contributed by atoms with van der Waals surface area (Å²) in [7, 11) is 1.62. The van der Waals surface area contributed by atoms with E-state index >= 15 is 0 Å². The Hall–Kier alpha value is -2.86. The number of hydrogen-bond acceptors (Lipinski definition) is 5. The molecule has 1 aromatic heterocycles. The number of aromatic nitrogens is 2. The molecule has 0 radical (unpaired) electrons. The Labute approximate surface area is 161 Å². The minimum Gasteiger partial charge on any atom is -0.497 e. The first-order valence-electron chi connectivity index (χ1n) is 8.70. The number of rotatable bonds is 4. The third kappa shape index (κ3) is 3.53. The van der Waals surface area contributed by atoms with Gasteiger partial charge in [-0.15, -0.1) is 0 Å². The van der Waals surface area contributed by atoms with Crippen molar-refractivity contribution in [3.05, 3.63) is 65.0 Å². The SMILES string of the molecule is COc1ccc(-c2noc([C@H]3CCCN3C(=O)c3ccc(Cl)cc3)n2)cc1. The average molecular weight is 384 g/mol. The molecule has 0 bridgehead atoms. The monoisotopic (exact) mass is 383 g/mol. The molecule has 4 rings (SSSR count). The van der Waals surface area contributed by atoms with Crippen LogP contribution in [0.25, 0.3) is 11.4 Å². The van der Waals surface area contributed by atoms with E-state index in [0.29, 0.717) is 28.8 Å². The number of methoxy groups -OCH3 is 1. The van der Waals surface area contributed by atoms with Gasteiger partial charge in [-0.3, -0.25) is 4.79 Å². The maximum atomic E-state index is 12.9. The lowest BCUT2D eigenvalue weighted by Crippen LogP contribution is -2.30. The Morgan fingerprint density at radius 1 is 1.19 bits per heavy atom. The molecule has 0 N–H and O–H groups in total. The van der Waals surface area contributed by atoms with Gasteiger partial charge in [-0.2, -0.15) is 4.98 Å². The minimum absolute atomic E-state index is 0.0571. The molecule has 2 aromatic carbocycles. The molecule has 1 aliphatic rings. The van der Waals surface area contributed by atoms with E-state index in [0.717, 1.165) is 24.2 Å². The molecule has 1 saturated heterocycles. The van der Waals surface area contributed by atoms with Crippen molar-refractivity contribution in [1.29, 1.82) is 0 Å². The molecule has 6 nitrogen and oxygen atoms in total. The van der Waals surface area contributed by atoms with Gasteiger partial charge in [-0.25, -0.2) is 0 Å². The molecule has 0 spiro atoms. The number of nitrogens with zero attached hydrogens (tertiary/aromatic N) is 3. The molecule has 2 heterocycles. The molecule has 0 saturated carbocycles. The summed E-state index contributed by atoms with van der Waals surface area (Å²) in [6.45, 7) is 0.659. The number of likely N-dealkylation sites (tertiary alicyclic amines) is 1. The van der Waals surface area contributed by atoms with Gasteiger partial charge >= 0.3 is 0 Å². The molecule has 138 valence electrons. The maximum absolute atomic E-state index is 12.9. The molecule has 1 aliphatic heterocycles. The third-order valence-electron chi connectivity index (χ3n) is 4.68. The van der Waals surface area contributed by atoms with Crippen molar-refractivity contribution in [1.82, 2.24) is 15.0 Å². The zero-order valence-electron chi connectivity index (χ0n) is 14.8. The summed E-state index contributed by atoms with van der Waals surface area (Å²) in [5, 5.41) is 4.68. The van der Waals surface area contributed by atoms with Crippen molar-refractivity contribution in [2.45, 2.75) is 18.9 Å². The molecule has 0 unspecified atom stereocenters. The number of carbonyl (C=O) groups is 1. The molecule has 1 fully saturated rings. The quantitative estimate of drug-likeness (QED) is 0.668. The first kappa shape index (κ1) is 17.5. The highest BCUT2D eigenvalue weighted by Gasteiger charge is 2.34. The highest BCUT2D eigenvalue weighted by molar-refractivity contribution is 6.30. The van der Waals surface area contributed by atoms with Crippen LogP contribution in [0.3, 0.4) is 0 Å². The van der Waals surface area contributed by atoms with Crippen LogP contribution >= 0.6 is 11.6 Å². The zero-order valence-corrected chi connectivity index (χ0v) is 15.5. The second-order valence-electron chi connectivity index (χ2n) is 6.35. The number of amides is 1. The van der Waals surface area contributed by atoms with Gasteiger partial charge < -0.3 is 14.2 Å². The number of hydrogen-bond donors (Lipinski definition) is 0. The number of ether oxygens (including phenoxy) is 1. The van der Waals surface area contributed by atoms with Crippen LogP contribution < -0.4 is 4.74 Å². The van der Waals surface area contributed by atoms with E-state index in [1.54, 1.807) is 36.3 Å². The van der Waals surface area contributed by atoms with E-state index in [9.17, 15) is 4.79 Å². The standard InChI is InChI=1S/C20H18ClN3O3/c1-26-16-10-6-13(7-11-16)18-22-19(27-23-18)17-3-2-12-24(17)20(25)14-4-8-15(21)9-5-14/h4-11,17H,2-3,12H2,1H3/t17-/m1/s1. The van der Waals surface area contributed by atoms with Crippen LogP contribution in [-0.4, -0.2) is 34.6 Å². The normalized spacial score (nSPS) is 16.5. The van der Waals surface area contributed by atoms with Gasteiger partial charge in [0.05, 0.1) is 7.11 Å². The lowest BCUT2D eigenvalue weighted by Gasteiger charge is -2.21. The summed E-state index contributed by atoms with van der Waals surface area (Å²) >= 11 is 5.91. The van der Waals surface area contributed by atoms with Crippen LogP contribution in [0.5, 0.6) is 5.75 Å². The van der Waals surface area contributed by atoms with Gasteiger partial charge in [0.25, 0.3) is 5.91 Å². The second kappa shape index (κ2) is 7.40. The average Bonchev–Trinajstić information content (AvgIpc) is 3.37. The van der Waals surface area contributed by atoms with Crippen LogP contribution in [-0.2, 0) is 0 Å². The minimum atomic E-state index is -0.215. The molecule has 1 atom stereocenters. The maximum Gasteiger partial charge on any atom is 0.254 e. The summed E-state index contributed by atoms with van der Waals surface area (Å²) in [4.78, 5) is 19.2. The fourth-order valence-electron chi connectivity index (χ4n) is 3.25. The van der Waals surface area contributed by atoms with E-state index in [1.165, 1.54) is 0 Å². The molecular formula is C20H18ClN3O3. The lowest BCUT2D eigenvalue weighted by atomic mass is 10.1. The third-order valence-corrected chi connectivity index (χ3v) is 4.93. The molecule has 7 heteroatoms. The molecule has 3 aromatic rings. The van der Waals surface area contributed by atoms with E-state index in [4.69, 9.17) is 20.9 Å². The van der Waals surface area contributed by atoms with E-state index in [1.807, 2.05) is 24.3 Å². The fraction of sp³-hybridized carbons (Fsp3) is 0.250. The Kier molecular flexibility index (Phi) is 4.81. The summed E-state index contributed by atoms with van der Waals surface area (Å²) in [5.41, 5.74) is 1.43. The predicted molar refractivity (Wildman–Crippen MR) is 101 cm³/mol. The Morgan fingerprint density at radius 3 is 2.63 bits per heavy atom. The number of halogens is 1. The number of benzene rings is 2. The van der Waals surface area contributed by atoms with Crippen molar-refractivity contribution < 1.29 is 14.1 Å². The van der Waals surface area contributed by atoms with Gasteiger partial charge in [0, 0.05) is 22.7 Å². The summed E-state index contributed by atoms with van der Waals surface area (Å²) < 4.78 is 10.7. The predicted octanol–water partition coefficient (Wildman–Crippen LogP) is 4.38. The van der Waals surface area contributed by atoms with Crippen LogP contribution in [0.1, 0.15) is 35.1 Å². The zero-order chi connectivity index (χ0) is 18.8. The first-order valence-corrected chi connectivity index (χ1v) is 9.08. The first-order chi connectivity index (χ1) is 13.2. The molecular weight excluding hydrogens is 366 g/mol. The van der Waals surface area contributed by atoms with Crippen molar-refractivity contribution >= 4 is 17.5 Å². The highest BCUT2D eigenvalue weighted by atomic mass is 35.5. The second-order valence-corrected chi connectivity index (χ2v) is 6.78. The van der Waals surface area contributed by atoms with Crippen molar-refractivity contribution in [2.75, 3.05) is 13.7 Å².